The summed E-state index contributed by atoms with van der Waals surface area (Å²) in [6.45, 7) is 14.5. The third-order valence-electron chi connectivity index (χ3n) is 15.0. The van der Waals surface area contributed by atoms with Gasteiger partial charge in [0.2, 0.25) is 0 Å². The van der Waals surface area contributed by atoms with E-state index >= 15 is 35.1 Å². The van der Waals surface area contributed by atoms with Crippen LogP contribution in [-0.4, -0.2) is 63.8 Å². The normalized spacial score (nSPS) is 11.4. The molecule has 1 radical (unpaired) electrons. The Balaban J connectivity index is 0.000000233. The van der Waals surface area contributed by atoms with Crippen molar-refractivity contribution >= 4 is 107 Å². The van der Waals surface area contributed by atoms with Gasteiger partial charge in [-0.25, -0.2) is 87.8 Å². The van der Waals surface area contributed by atoms with Gasteiger partial charge in [0, 0.05) is 84.2 Å². The molecule has 0 saturated heterocycles. The van der Waals surface area contributed by atoms with Crippen molar-refractivity contribution in [3.05, 3.63) is 298 Å². The summed E-state index contributed by atoms with van der Waals surface area (Å²) < 4.78 is 294. The number of hydrogen-bond donors (Lipinski definition) is 0. The third kappa shape index (κ3) is 17.8. The minimum absolute atomic E-state index is 0. The van der Waals surface area contributed by atoms with E-state index in [1.165, 1.54) is 17.7 Å². The number of halogens is 20. The minimum atomic E-state index is -7.22. The van der Waals surface area contributed by atoms with Gasteiger partial charge in [-0.05, 0) is 72.8 Å². The predicted octanol–water partition coefficient (Wildman–Crippen LogP) is 15.7. The summed E-state index contributed by atoms with van der Waals surface area (Å²) in [6, 6.07) is 66.2. The smallest absolute Gasteiger partial charge is 0.200 e. The molecule has 10 rings (SSSR count). The van der Waals surface area contributed by atoms with Crippen molar-refractivity contribution in [3.63, 3.8) is 0 Å². The first-order valence-corrected chi connectivity index (χ1v) is 42.3. The van der Waals surface area contributed by atoms with Crippen molar-refractivity contribution in [2.75, 3.05) is 57.7 Å². The van der Waals surface area contributed by atoms with Gasteiger partial charge in [-0.2, -0.15) is 0 Å². The molecule has 0 saturated carbocycles. The number of rotatable bonds is 16. The molecule has 0 nitrogen and oxygen atoms in total. The molecule has 0 heterocycles. The van der Waals surface area contributed by atoms with E-state index in [4.69, 9.17) is 0 Å². The second-order valence-electron chi connectivity index (χ2n) is 22.6. The van der Waals surface area contributed by atoms with E-state index in [2.05, 4.69) is 222 Å². The Morgan fingerprint density at radius 2 is 0.309 bits per heavy atom. The zero-order valence-electron chi connectivity index (χ0n) is 52.0. The fourth-order valence-corrected chi connectivity index (χ4v) is 28.8. The Morgan fingerprint density at radius 1 is 0.196 bits per heavy atom. The van der Waals surface area contributed by atoms with Crippen LogP contribution < -0.4 is 53.7 Å². The molecule has 0 aliphatic rings. The molecular weight excluding hydrogens is 1590 g/mol. The van der Waals surface area contributed by atoms with Gasteiger partial charge in [0.15, 0.2) is 87.5 Å². The monoisotopic (exact) mass is 1650 g/mol. The van der Waals surface area contributed by atoms with Crippen LogP contribution in [0.1, 0.15) is 0 Å². The van der Waals surface area contributed by atoms with Gasteiger partial charge >= 0.3 is 0 Å². The van der Waals surface area contributed by atoms with Crippen molar-refractivity contribution in [1.29, 1.82) is 0 Å². The van der Waals surface area contributed by atoms with Crippen LogP contribution in [0.25, 0.3) is 0 Å². The van der Waals surface area contributed by atoms with E-state index in [0.717, 1.165) is 0 Å². The molecule has 0 fully saturated rings. The number of hydrogen-bond acceptors (Lipinski definition) is 0. The van der Waals surface area contributed by atoms with Gasteiger partial charge < -0.3 is 0 Å². The predicted molar refractivity (Wildman–Crippen MR) is 366 cm³/mol. The molecule has 0 atom stereocenters. The topological polar surface area (TPSA) is 0 Å². The van der Waals surface area contributed by atoms with Crippen LogP contribution in [0.15, 0.2) is 182 Å². The summed E-state index contributed by atoms with van der Waals surface area (Å²) in [5.41, 5.74) is -14.3. The average molecular weight is 1650 g/mol. The van der Waals surface area contributed by atoms with E-state index in [-0.39, 0.29) is 44.2 Å². The Hall–Kier alpha value is -5.89. The van der Waals surface area contributed by atoms with E-state index < -0.39 is 168 Å². The summed E-state index contributed by atoms with van der Waals surface area (Å²) >= 11 is 0. The molecule has 10 aromatic carbocycles. The molecule has 0 spiro atoms. The molecule has 0 amide bonds. The van der Waals surface area contributed by atoms with Crippen molar-refractivity contribution in [3.8, 4) is 0 Å². The van der Waals surface area contributed by atoms with Crippen LogP contribution in [0.3, 0.4) is 0 Å². The maximum absolute atomic E-state index is 15.4. The third-order valence-corrected chi connectivity index (χ3v) is 33.9. The minimum Gasteiger partial charge on any atom is -0.207 e. The van der Waals surface area contributed by atoms with E-state index in [9.17, 15) is 52.7 Å². The first-order chi connectivity index (χ1) is 45.5. The zero-order valence-corrected chi connectivity index (χ0v) is 60.7. The largest absolute Gasteiger partial charge is 0.207 e. The molecule has 28 heteroatoms. The molecule has 0 aliphatic heterocycles. The molecule has 97 heavy (non-hydrogen) atoms. The summed E-state index contributed by atoms with van der Waals surface area (Å²) in [5.74, 6) is -67.2. The van der Waals surface area contributed by atoms with Crippen molar-refractivity contribution < 1.29 is 108 Å². The first-order valence-electron chi connectivity index (χ1n) is 29.0. The summed E-state index contributed by atoms with van der Waals surface area (Å²) in [5, 5.41) is 9.31. The summed E-state index contributed by atoms with van der Waals surface area (Å²) in [6.07, 6.45) is -7.22. The van der Waals surface area contributed by atoms with Crippen LogP contribution in [0, 0.1) is 116 Å². The van der Waals surface area contributed by atoms with Gasteiger partial charge in [-0.1, -0.05) is 109 Å². The number of benzene rings is 10. The molecule has 0 aromatic heterocycles. The van der Waals surface area contributed by atoms with Crippen LogP contribution >= 0.6 is 47.5 Å². The maximum atomic E-state index is 15.4. The quantitative estimate of drug-likeness (QED) is 0.0297. The van der Waals surface area contributed by atoms with Crippen LogP contribution in [0.2, 0.25) is 0 Å². The first kappa shape index (κ1) is 80.1. The van der Waals surface area contributed by atoms with Gasteiger partial charge in [-0.15, -0.1) is 21.9 Å². The fourth-order valence-electron chi connectivity index (χ4n) is 10.9. The van der Waals surface area contributed by atoms with Crippen LogP contribution in [-0.2, 0) is 20.4 Å². The average Bonchev–Trinajstić information content (AvgIpc) is 0.682. The molecule has 0 N–H and O–H groups in total. The zero-order chi connectivity index (χ0) is 70.6. The van der Waals surface area contributed by atoms with Gasteiger partial charge in [-0.3, -0.25) is 0 Å². The van der Waals surface area contributed by atoms with E-state index in [0.29, 0.717) is 0 Å². The van der Waals surface area contributed by atoms with Crippen molar-refractivity contribution in [2.45, 2.75) is 0 Å². The molecule has 10 aromatic rings. The van der Waals surface area contributed by atoms with E-state index in [1.54, 1.807) is 31.8 Å². The molecular formula is C69H60BF20P6Re+5. The Kier molecular flexibility index (Phi) is 29.7. The van der Waals surface area contributed by atoms with Crippen molar-refractivity contribution in [2.24, 2.45) is 0 Å². The SMILES string of the molecule is C[PH+](C)C[PH+](c1ccccc1)c1ccccc1.C[PH+](C)C[PH+](c1ccccc1)c1ccccc1.C[PH+](C)C[PH+](c1ccccc1)c1ccccc1.Fc1c(F)c(F)c([B-](c2c(F)c(F)c(F)c(F)c2F)(c2c(F)c(F)c(F)c(F)c2F)c2c(F)c(F)c(F)c(F)c2F)c(F)c1F.[Re]. The molecule has 511 valence electrons. The molecule has 0 bridgehead atoms. The van der Waals surface area contributed by atoms with Gasteiger partial charge in [0.1, 0.15) is 108 Å². The second kappa shape index (κ2) is 35.9. The van der Waals surface area contributed by atoms with Crippen molar-refractivity contribution in [1.82, 2.24) is 0 Å². The van der Waals surface area contributed by atoms with Crippen LogP contribution in [0.4, 0.5) is 87.8 Å². The Bertz CT molecular complexity index is 3560. The Labute approximate surface area is 568 Å². The molecule has 0 aliphatic carbocycles. The maximum Gasteiger partial charge on any atom is 0.200 e. The second-order valence-corrected chi connectivity index (χ2v) is 40.4. The van der Waals surface area contributed by atoms with E-state index in [1.807, 2.05) is 0 Å². The van der Waals surface area contributed by atoms with Crippen LogP contribution in [0.5, 0.6) is 0 Å². The van der Waals surface area contributed by atoms with Gasteiger partial charge in [0.05, 0.1) is 0 Å². The fraction of sp³-hybridized carbons (Fsp3) is 0.130. The summed E-state index contributed by atoms with van der Waals surface area (Å²) in [7, 11) is -2.21. The molecule has 0 unspecified atom stereocenters. The standard InChI is InChI=1S/C24BF20.3C15H18P2.Re/c26-5-1(6(27)14(35)21(42)13(5)34)25(2-7(28)15(36)22(43)16(37)8(2)29,3-9(30)17(38)23(44)18(39)10(3)31)4-11(32)19(40)24(45)20(41)12(4)33;3*1-16(2)13-17(14-9-5-3-6-10-14)15-11-7-4-8-12-15;/h;3*3-12H,13H2,1-2H3;/q-1;;;;/p+6. The summed E-state index contributed by atoms with van der Waals surface area (Å²) in [4.78, 5) is 0. The van der Waals surface area contributed by atoms with Gasteiger partial charge in [0.25, 0.3) is 0 Å². The Morgan fingerprint density at radius 3 is 0.423 bits per heavy atom.